The van der Waals surface area contributed by atoms with Crippen LogP contribution in [0.1, 0.15) is 26.3 Å². The molecule has 0 aliphatic heterocycles. The summed E-state index contributed by atoms with van der Waals surface area (Å²) in [6.07, 6.45) is 1.53. The Hall–Kier alpha value is -1.54. The van der Waals surface area contributed by atoms with Crippen molar-refractivity contribution >= 4 is 44.4 Å². The van der Waals surface area contributed by atoms with Crippen molar-refractivity contribution in [3.63, 3.8) is 0 Å². The number of aryl methyl sites for hydroxylation is 1. The molecule has 2 rings (SSSR count). The fourth-order valence-corrected chi connectivity index (χ4v) is 2.06. The molecule has 7 heteroatoms. The summed E-state index contributed by atoms with van der Waals surface area (Å²) in [5.41, 5.74) is 2.27. The van der Waals surface area contributed by atoms with Gasteiger partial charge in [-0.1, -0.05) is 43.5 Å². The summed E-state index contributed by atoms with van der Waals surface area (Å²) in [6, 6.07) is 10.2. The zero-order valence-electron chi connectivity index (χ0n) is 12.5. The Kier molecular flexibility index (Phi) is 11.2. The molecule has 2 aromatic rings. The maximum absolute atomic E-state index is 10.3. The van der Waals surface area contributed by atoms with Gasteiger partial charge in [-0.2, -0.15) is 0 Å². The lowest BCUT2D eigenvalue weighted by Crippen LogP contribution is -1.82. The van der Waals surface area contributed by atoms with E-state index in [1.54, 1.807) is 6.07 Å². The van der Waals surface area contributed by atoms with E-state index in [4.69, 9.17) is 10.4 Å². The maximum atomic E-state index is 10.3. The molecule has 0 spiro atoms. The van der Waals surface area contributed by atoms with Gasteiger partial charge in [0.15, 0.2) is 12.6 Å². The normalized spacial score (nSPS) is 8.91. The van der Waals surface area contributed by atoms with Gasteiger partial charge in [-0.15, -0.1) is 0 Å². The van der Waals surface area contributed by atoms with Crippen molar-refractivity contribution in [2.75, 3.05) is 7.11 Å². The number of phenols is 1. The lowest BCUT2D eigenvalue weighted by atomic mass is 10.2. The summed E-state index contributed by atoms with van der Waals surface area (Å²) in [7, 11) is 1.18. The number of aromatic hydroxyl groups is 1. The number of hydrogen-bond acceptors (Lipinski definition) is 5. The fourth-order valence-electron chi connectivity index (χ4n) is 1.37. The first-order valence-electron chi connectivity index (χ1n) is 6.22. The van der Waals surface area contributed by atoms with Crippen molar-refractivity contribution in [3.05, 3.63) is 62.0 Å². The van der Waals surface area contributed by atoms with Crippen LogP contribution in [0.3, 0.4) is 0 Å². The SMILES string of the molecule is COO.Cc1ccc(Br)c(C=O)c1.O=Cc1cc(O)ccc1Br. The second kappa shape index (κ2) is 12.0. The Labute approximate surface area is 151 Å². The summed E-state index contributed by atoms with van der Waals surface area (Å²) >= 11 is 6.41. The smallest absolute Gasteiger partial charge is 0.151 e. The fraction of sp³-hybridized carbons (Fsp3) is 0.125. The number of halogens is 2. The van der Waals surface area contributed by atoms with Crippen LogP contribution in [0.5, 0.6) is 5.75 Å². The Morgan fingerprint density at radius 1 is 0.957 bits per heavy atom. The van der Waals surface area contributed by atoms with Crippen LogP contribution in [-0.4, -0.2) is 30.0 Å². The van der Waals surface area contributed by atoms with E-state index in [9.17, 15) is 9.59 Å². The van der Waals surface area contributed by atoms with Crippen LogP contribution in [0.2, 0.25) is 0 Å². The summed E-state index contributed by atoms with van der Waals surface area (Å²) in [5.74, 6) is 0.102. The average molecular weight is 448 g/mol. The predicted octanol–water partition coefficient (Wildman–Crippen LogP) is 4.64. The molecule has 0 saturated heterocycles. The Morgan fingerprint density at radius 3 is 1.78 bits per heavy atom. The maximum Gasteiger partial charge on any atom is 0.151 e. The minimum atomic E-state index is 0.102. The van der Waals surface area contributed by atoms with Crippen LogP contribution < -0.4 is 0 Å². The summed E-state index contributed by atoms with van der Waals surface area (Å²) < 4.78 is 1.55. The molecule has 0 saturated carbocycles. The Bertz CT molecular complexity index is 589. The molecule has 0 aliphatic carbocycles. The van der Waals surface area contributed by atoms with E-state index < -0.39 is 0 Å². The highest BCUT2D eigenvalue weighted by Crippen LogP contribution is 2.19. The number of benzene rings is 2. The minimum Gasteiger partial charge on any atom is -0.508 e. The Balaban J connectivity index is 0.000000360. The number of aldehydes is 2. The minimum absolute atomic E-state index is 0.102. The van der Waals surface area contributed by atoms with E-state index in [0.29, 0.717) is 21.9 Å². The van der Waals surface area contributed by atoms with Crippen LogP contribution >= 0.6 is 31.9 Å². The van der Waals surface area contributed by atoms with E-state index in [1.807, 2.05) is 25.1 Å². The molecule has 2 N–H and O–H groups in total. The van der Waals surface area contributed by atoms with Gasteiger partial charge in [0, 0.05) is 20.1 Å². The third kappa shape index (κ3) is 8.61. The molecule has 23 heavy (non-hydrogen) atoms. The molecule has 124 valence electrons. The highest BCUT2D eigenvalue weighted by atomic mass is 79.9. The Morgan fingerprint density at radius 2 is 1.39 bits per heavy atom. The van der Waals surface area contributed by atoms with Crippen LogP contribution in [-0.2, 0) is 4.89 Å². The quantitative estimate of drug-likeness (QED) is 0.398. The largest absolute Gasteiger partial charge is 0.508 e. The molecule has 0 heterocycles. The van der Waals surface area contributed by atoms with E-state index in [0.717, 1.165) is 16.3 Å². The van der Waals surface area contributed by atoms with Crippen LogP contribution in [0.4, 0.5) is 0 Å². The molecule has 2 aromatic carbocycles. The number of hydrogen-bond donors (Lipinski definition) is 2. The van der Waals surface area contributed by atoms with Crippen molar-refractivity contribution in [2.24, 2.45) is 0 Å². The first-order valence-corrected chi connectivity index (χ1v) is 7.80. The number of carbonyl (C=O) groups is 2. The van der Waals surface area contributed by atoms with Crippen molar-refractivity contribution < 1.29 is 24.8 Å². The van der Waals surface area contributed by atoms with Crippen LogP contribution in [0, 0.1) is 6.92 Å². The average Bonchev–Trinajstić information content (AvgIpc) is 2.53. The van der Waals surface area contributed by atoms with Crippen molar-refractivity contribution in [1.29, 1.82) is 0 Å². The molecular weight excluding hydrogens is 432 g/mol. The predicted molar refractivity (Wildman–Crippen MR) is 95.1 cm³/mol. The summed E-state index contributed by atoms with van der Waals surface area (Å²) in [5, 5.41) is 16.0. The lowest BCUT2D eigenvalue weighted by molar-refractivity contribution is -0.214. The molecule has 5 nitrogen and oxygen atoms in total. The van der Waals surface area contributed by atoms with Crippen molar-refractivity contribution in [1.82, 2.24) is 0 Å². The van der Waals surface area contributed by atoms with E-state index in [2.05, 4.69) is 36.7 Å². The van der Waals surface area contributed by atoms with Gasteiger partial charge in [0.2, 0.25) is 0 Å². The van der Waals surface area contributed by atoms with Gasteiger partial charge in [0.1, 0.15) is 5.75 Å². The van der Waals surface area contributed by atoms with Crippen molar-refractivity contribution in [3.8, 4) is 5.75 Å². The molecule has 0 radical (unpaired) electrons. The van der Waals surface area contributed by atoms with Crippen molar-refractivity contribution in [2.45, 2.75) is 6.92 Å². The monoisotopic (exact) mass is 446 g/mol. The third-order valence-electron chi connectivity index (χ3n) is 2.39. The molecular formula is C16H16Br2O5. The highest BCUT2D eigenvalue weighted by molar-refractivity contribution is 9.10. The van der Waals surface area contributed by atoms with Gasteiger partial charge >= 0.3 is 0 Å². The first-order chi connectivity index (χ1) is 10.9. The van der Waals surface area contributed by atoms with E-state index in [-0.39, 0.29) is 5.75 Å². The topological polar surface area (TPSA) is 83.8 Å². The summed E-state index contributed by atoms with van der Waals surface area (Å²) in [4.78, 5) is 23.8. The first kappa shape index (κ1) is 21.5. The second-order valence-corrected chi connectivity index (χ2v) is 5.86. The van der Waals surface area contributed by atoms with Gasteiger partial charge in [-0.25, -0.2) is 4.89 Å². The number of phenolic OH excluding ortho intramolecular Hbond substituents is 1. The number of carbonyl (C=O) groups excluding carboxylic acids is 2. The molecule has 0 unspecified atom stereocenters. The molecule has 0 atom stereocenters. The molecule has 0 amide bonds. The lowest BCUT2D eigenvalue weighted by Gasteiger charge is -1.95. The standard InChI is InChI=1S/C8H7BrO.C7H5BrO2.CH4O2/c1-6-2-3-8(9)7(4-6)5-10;8-7-2-1-6(10)3-5(7)4-9;1-3-2/h2-5H,1H3;1-4,10H;2H,1H3. The summed E-state index contributed by atoms with van der Waals surface area (Å²) in [6.45, 7) is 1.96. The third-order valence-corrected chi connectivity index (χ3v) is 3.83. The van der Waals surface area contributed by atoms with Crippen LogP contribution in [0.25, 0.3) is 0 Å². The van der Waals surface area contributed by atoms with Crippen LogP contribution in [0.15, 0.2) is 45.3 Å². The zero-order valence-corrected chi connectivity index (χ0v) is 15.7. The molecule has 0 aliphatic rings. The van der Waals surface area contributed by atoms with E-state index >= 15 is 0 Å². The number of rotatable bonds is 2. The molecule has 0 aromatic heterocycles. The van der Waals surface area contributed by atoms with Gasteiger partial charge in [-0.05, 0) is 37.3 Å². The highest BCUT2D eigenvalue weighted by Gasteiger charge is 1.97. The molecule has 0 fully saturated rings. The van der Waals surface area contributed by atoms with Gasteiger partial charge in [-0.3, -0.25) is 14.8 Å². The zero-order chi connectivity index (χ0) is 17.8. The van der Waals surface area contributed by atoms with Gasteiger partial charge in [0.25, 0.3) is 0 Å². The van der Waals surface area contributed by atoms with Gasteiger partial charge < -0.3 is 5.11 Å². The van der Waals surface area contributed by atoms with Gasteiger partial charge in [0.05, 0.1) is 7.11 Å². The van der Waals surface area contributed by atoms with E-state index in [1.165, 1.54) is 19.2 Å². The molecule has 0 bridgehead atoms. The second-order valence-electron chi connectivity index (χ2n) is 4.15.